The van der Waals surface area contributed by atoms with Crippen molar-refractivity contribution in [1.82, 2.24) is 9.36 Å². The molecule has 1 saturated heterocycles. The second-order valence-electron chi connectivity index (χ2n) is 9.22. The van der Waals surface area contributed by atoms with Gasteiger partial charge in [-0.1, -0.05) is 20.8 Å². The Bertz CT molecular complexity index is 1060. The van der Waals surface area contributed by atoms with Crippen LogP contribution in [0.4, 0.5) is 13.2 Å². The van der Waals surface area contributed by atoms with Crippen LogP contribution in [0, 0.1) is 0 Å². The van der Waals surface area contributed by atoms with Crippen LogP contribution in [0.5, 0.6) is 5.75 Å². The molecule has 0 spiro atoms. The number of amides is 1. The fourth-order valence-corrected chi connectivity index (χ4v) is 4.01. The van der Waals surface area contributed by atoms with Gasteiger partial charge in [-0.05, 0) is 38.0 Å². The second kappa shape index (κ2) is 8.77. The highest BCUT2D eigenvalue weighted by Gasteiger charge is 2.32. The molecule has 0 N–H and O–H groups in total. The highest BCUT2D eigenvalue weighted by Crippen LogP contribution is 2.33. The standard InChI is InChI=1S/C23H30F3N3O3/c1-14-7-9-16(32-14)13-29-20(12-19(28(29)5)22(2,3)4)27-21(30)17-11-15(23(24,25)26)8-10-18(17)31-6/h8,10-12,14,16H,7,9,13H2,1-6H3/b27-20+/t14-,16+/m0/s1. The van der Waals surface area contributed by atoms with Crippen LogP contribution in [-0.2, 0) is 29.9 Å². The number of hydrogen-bond donors (Lipinski definition) is 0. The molecule has 1 aromatic heterocycles. The van der Waals surface area contributed by atoms with E-state index in [1.807, 2.05) is 44.1 Å². The van der Waals surface area contributed by atoms with E-state index in [0.29, 0.717) is 12.0 Å². The molecule has 0 unspecified atom stereocenters. The molecule has 1 aliphatic rings. The Morgan fingerprint density at radius 1 is 1.22 bits per heavy atom. The van der Waals surface area contributed by atoms with Crippen LogP contribution >= 0.6 is 0 Å². The van der Waals surface area contributed by atoms with Crippen molar-refractivity contribution < 1.29 is 27.4 Å². The lowest BCUT2D eigenvalue weighted by Crippen LogP contribution is -2.30. The highest BCUT2D eigenvalue weighted by molar-refractivity contribution is 5.97. The maximum absolute atomic E-state index is 13.2. The van der Waals surface area contributed by atoms with E-state index in [4.69, 9.17) is 9.47 Å². The van der Waals surface area contributed by atoms with Crippen LogP contribution in [0.1, 0.15) is 62.2 Å². The fourth-order valence-electron chi connectivity index (χ4n) is 4.01. The Morgan fingerprint density at radius 2 is 1.91 bits per heavy atom. The topological polar surface area (TPSA) is 57.8 Å². The van der Waals surface area contributed by atoms with Crippen molar-refractivity contribution in [3.63, 3.8) is 0 Å². The van der Waals surface area contributed by atoms with Crippen molar-refractivity contribution in [2.24, 2.45) is 12.0 Å². The van der Waals surface area contributed by atoms with Crippen LogP contribution in [0.25, 0.3) is 0 Å². The predicted octanol–water partition coefficient (Wildman–Crippen LogP) is 4.46. The number of carbonyl (C=O) groups excluding carboxylic acids is 1. The fraction of sp³-hybridized carbons (Fsp3) is 0.565. The first-order valence-corrected chi connectivity index (χ1v) is 10.6. The molecule has 1 aliphatic heterocycles. The Labute approximate surface area is 185 Å². The van der Waals surface area contributed by atoms with Gasteiger partial charge in [0.25, 0.3) is 5.91 Å². The summed E-state index contributed by atoms with van der Waals surface area (Å²) in [5.74, 6) is -0.758. The summed E-state index contributed by atoms with van der Waals surface area (Å²) in [7, 11) is 3.19. The number of nitrogens with zero attached hydrogens (tertiary/aromatic N) is 3. The van der Waals surface area contributed by atoms with Crippen LogP contribution in [0.15, 0.2) is 29.3 Å². The van der Waals surface area contributed by atoms with Crippen molar-refractivity contribution in [3.05, 3.63) is 46.6 Å². The van der Waals surface area contributed by atoms with Crippen LogP contribution in [0.3, 0.4) is 0 Å². The van der Waals surface area contributed by atoms with E-state index in [0.717, 1.165) is 36.7 Å². The van der Waals surface area contributed by atoms with E-state index in [-0.39, 0.29) is 28.9 Å². The van der Waals surface area contributed by atoms with Crippen molar-refractivity contribution in [3.8, 4) is 5.75 Å². The maximum atomic E-state index is 13.2. The first-order valence-electron chi connectivity index (χ1n) is 10.6. The monoisotopic (exact) mass is 453 g/mol. The molecule has 32 heavy (non-hydrogen) atoms. The maximum Gasteiger partial charge on any atom is 0.416 e. The predicted molar refractivity (Wildman–Crippen MR) is 114 cm³/mol. The van der Waals surface area contributed by atoms with Gasteiger partial charge in [-0.3, -0.25) is 14.2 Å². The number of alkyl halides is 3. The van der Waals surface area contributed by atoms with E-state index in [1.165, 1.54) is 7.11 Å². The highest BCUT2D eigenvalue weighted by atomic mass is 19.4. The van der Waals surface area contributed by atoms with Gasteiger partial charge in [-0.25, -0.2) is 0 Å². The lowest BCUT2D eigenvalue weighted by Gasteiger charge is -2.22. The second-order valence-corrected chi connectivity index (χ2v) is 9.22. The molecule has 176 valence electrons. The third-order valence-electron chi connectivity index (χ3n) is 5.68. The number of rotatable bonds is 4. The first kappa shape index (κ1) is 24.1. The number of methoxy groups -OCH3 is 1. The minimum absolute atomic E-state index is 0.0245. The average Bonchev–Trinajstić information content (AvgIpc) is 3.24. The van der Waals surface area contributed by atoms with E-state index >= 15 is 0 Å². The molecule has 0 saturated carbocycles. The molecule has 2 heterocycles. The molecule has 3 rings (SSSR count). The largest absolute Gasteiger partial charge is 0.496 e. The van der Waals surface area contributed by atoms with Gasteiger partial charge in [0.1, 0.15) is 5.75 Å². The van der Waals surface area contributed by atoms with Gasteiger partial charge in [0.2, 0.25) is 0 Å². The summed E-state index contributed by atoms with van der Waals surface area (Å²) < 4.78 is 54.4. The molecule has 1 aromatic carbocycles. The molecule has 1 fully saturated rings. The van der Waals surface area contributed by atoms with E-state index < -0.39 is 17.6 Å². The Hall–Kier alpha value is -2.55. The van der Waals surface area contributed by atoms with Crippen molar-refractivity contribution in [1.29, 1.82) is 0 Å². The molecule has 2 atom stereocenters. The molecule has 6 nitrogen and oxygen atoms in total. The third kappa shape index (κ3) is 5.09. The molecule has 0 radical (unpaired) electrons. The Kier molecular flexibility index (Phi) is 6.60. The quantitative estimate of drug-likeness (QED) is 0.687. The number of aromatic nitrogens is 2. The molecule has 0 bridgehead atoms. The van der Waals surface area contributed by atoms with Crippen LogP contribution < -0.4 is 10.2 Å². The first-order chi connectivity index (χ1) is 14.8. The third-order valence-corrected chi connectivity index (χ3v) is 5.68. The number of benzene rings is 1. The van der Waals surface area contributed by atoms with Crippen LogP contribution in [0.2, 0.25) is 0 Å². The summed E-state index contributed by atoms with van der Waals surface area (Å²) in [6.07, 6.45) is -2.60. The van der Waals surface area contributed by atoms with Crippen molar-refractivity contribution in [2.75, 3.05) is 7.11 Å². The molecule has 2 aromatic rings. The van der Waals surface area contributed by atoms with Gasteiger partial charge in [-0.2, -0.15) is 18.2 Å². The van der Waals surface area contributed by atoms with Gasteiger partial charge in [0.05, 0.1) is 37.0 Å². The zero-order valence-electron chi connectivity index (χ0n) is 19.3. The number of carbonyl (C=O) groups is 1. The lowest BCUT2D eigenvalue weighted by atomic mass is 9.92. The van der Waals surface area contributed by atoms with E-state index in [9.17, 15) is 18.0 Å². The molecular formula is C23H30F3N3O3. The molecule has 1 amide bonds. The average molecular weight is 454 g/mol. The van der Waals surface area contributed by atoms with Gasteiger partial charge >= 0.3 is 6.18 Å². The number of halogens is 3. The molecular weight excluding hydrogens is 423 g/mol. The lowest BCUT2D eigenvalue weighted by molar-refractivity contribution is -0.137. The smallest absolute Gasteiger partial charge is 0.416 e. The zero-order valence-corrected chi connectivity index (χ0v) is 19.3. The zero-order chi connectivity index (χ0) is 23.8. The number of ether oxygens (including phenoxy) is 2. The summed E-state index contributed by atoms with van der Waals surface area (Å²) in [4.78, 5) is 17.2. The minimum atomic E-state index is -4.58. The van der Waals surface area contributed by atoms with Gasteiger partial charge in [0.15, 0.2) is 5.49 Å². The summed E-state index contributed by atoms with van der Waals surface area (Å²) in [6.45, 7) is 8.64. The Morgan fingerprint density at radius 3 is 2.44 bits per heavy atom. The minimum Gasteiger partial charge on any atom is -0.496 e. The number of hydrogen-bond acceptors (Lipinski definition) is 3. The van der Waals surface area contributed by atoms with E-state index in [1.54, 1.807) is 6.07 Å². The Balaban J connectivity index is 2.10. The van der Waals surface area contributed by atoms with E-state index in [2.05, 4.69) is 4.99 Å². The van der Waals surface area contributed by atoms with Gasteiger partial charge in [-0.15, -0.1) is 0 Å². The van der Waals surface area contributed by atoms with Crippen LogP contribution in [-0.4, -0.2) is 34.6 Å². The molecule has 9 heteroatoms. The molecule has 0 aliphatic carbocycles. The van der Waals surface area contributed by atoms with Gasteiger partial charge in [0, 0.05) is 24.2 Å². The van der Waals surface area contributed by atoms with Gasteiger partial charge < -0.3 is 9.47 Å². The summed E-state index contributed by atoms with van der Waals surface area (Å²) in [5, 5.41) is 0. The van der Waals surface area contributed by atoms with Crippen molar-refractivity contribution >= 4 is 5.91 Å². The SMILES string of the molecule is COc1ccc(C(F)(F)F)cc1C(=O)/N=c1\cc(C(C)(C)C)n(C)n1C[C@H]1CC[C@H](C)O1. The summed E-state index contributed by atoms with van der Waals surface area (Å²) in [6, 6.07) is 4.61. The summed E-state index contributed by atoms with van der Waals surface area (Å²) >= 11 is 0. The normalized spacial score (nSPS) is 20.1. The summed E-state index contributed by atoms with van der Waals surface area (Å²) in [5.41, 5.74) is -0.0937. The van der Waals surface area contributed by atoms with Crippen molar-refractivity contribution in [2.45, 2.75) is 70.9 Å².